The topological polar surface area (TPSA) is 129 Å². The Kier molecular flexibility index (Phi) is 4.98. The van der Waals surface area contributed by atoms with Gasteiger partial charge in [0.05, 0.1) is 17.8 Å². The zero-order chi connectivity index (χ0) is 24.0. The number of benzene rings is 1. The fourth-order valence-corrected chi connectivity index (χ4v) is 3.74. The van der Waals surface area contributed by atoms with Crippen LogP contribution in [0.25, 0.3) is 27.9 Å². The second kappa shape index (κ2) is 7.89. The maximum absolute atomic E-state index is 13.1. The van der Waals surface area contributed by atoms with Crippen LogP contribution in [0.1, 0.15) is 19.5 Å². The predicted molar refractivity (Wildman–Crippen MR) is 128 cm³/mol. The third-order valence-corrected chi connectivity index (χ3v) is 5.42. The standard InChI is InChI=1S/C23H23N9O2/c1-5-11-31-21(33)15-13-24-22(25-14-9-10-17-16(12-14)28-29-30(17)4)27-20(15)32(31)19-8-6-7-18(26-19)23(2,3)34/h5-10,12-13,34H,1,11H2,2-4H3,(H,24,25,27). The summed E-state index contributed by atoms with van der Waals surface area (Å²) in [6, 6.07) is 10.9. The summed E-state index contributed by atoms with van der Waals surface area (Å²) in [5.41, 5.74) is 1.79. The van der Waals surface area contributed by atoms with Crippen molar-refractivity contribution in [1.29, 1.82) is 0 Å². The first kappa shape index (κ1) is 21.5. The van der Waals surface area contributed by atoms with Crippen LogP contribution in [0.2, 0.25) is 0 Å². The molecule has 0 amide bonds. The van der Waals surface area contributed by atoms with Crippen LogP contribution >= 0.6 is 0 Å². The molecule has 0 fully saturated rings. The molecule has 11 nitrogen and oxygen atoms in total. The molecule has 1 aromatic carbocycles. The number of pyridine rings is 1. The Labute approximate surface area is 194 Å². The van der Waals surface area contributed by atoms with E-state index in [2.05, 4.69) is 37.2 Å². The summed E-state index contributed by atoms with van der Waals surface area (Å²) in [5.74, 6) is 0.748. The fraction of sp³-hybridized carbons (Fsp3) is 0.217. The Morgan fingerprint density at radius 2 is 2.03 bits per heavy atom. The van der Waals surface area contributed by atoms with Crippen molar-refractivity contribution < 1.29 is 5.11 Å². The van der Waals surface area contributed by atoms with Crippen LogP contribution in [0.15, 0.2) is 60.0 Å². The smallest absolute Gasteiger partial charge is 0.278 e. The van der Waals surface area contributed by atoms with Gasteiger partial charge in [0.25, 0.3) is 5.56 Å². The number of nitrogens with one attached hydrogen (secondary N) is 1. The van der Waals surface area contributed by atoms with Gasteiger partial charge >= 0.3 is 0 Å². The van der Waals surface area contributed by atoms with E-state index in [9.17, 15) is 9.90 Å². The van der Waals surface area contributed by atoms with E-state index in [1.165, 1.54) is 10.9 Å². The quantitative estimate of drug-likeness (QED) is 0.372. The lowest BCUT2D eigenvalue weighted by Crippen LogP contribution is -2.23. The van der Waals surface area contributed by atoms with Crippen LogP contribution in [0.5, 0.6) is 0 Å². The second-order valence-corrected chi connectivity index (χ2v) is 8.40. The average molecular weight is 457 g/mol. The van der Waals surface area contributed by atoms with Crippen LogP contribution in [0.3, 0.4) is 0 Å². The van der Waals surface area contributed by atoms with Gasteiger partial charge < -0.3 is 10.4 Å². The van der Waals surface area contributed by atoms with Gasteiger partial charge in [-0.3, -0.25) is 4.79 Å². The first-order valence-electron chi connectivity index (χ1n) is 10.6. The Morgan fingerprint density at radius 1 is 1.21 bits per heavy atom. The lowest BCUT2D eigenvalue weighted by atomic mass is 10.1. The zero-order valence-corrected chi connectivity index (χ0v) is 19.0. The number of rotatable bonds is 6. The molecule has 0 aliphatic rings. The van der Waals surface area contributed by atoms with Crippen molar-refractivity contribution in [3.8, 4) is 5.82 Å². The van der Waals surface area contributed by atoms with Gasteiger partial charge in [0.2, 0.25) is 5.95 Å². The predicted octanol–water partition coefficient (Wildman–Crippen LogP) is 2.42. The van der Waals surface area contributed by atoms with E-state index in [0.717, 1.165) is 16.7 Å². The van der Waals surface area contributed by atoms with Gasteiger partial charge in [-0.1, -0.05) is 17.4 Å². The Hall–Kier alpha value is -4.38. The highest BCUT2D eigenvalue weighted by Crippen LogP contribution is 2.23. The third-order valence-electron chi connectivity index (χ3n) is 5.42. The van der Waals surface area contributed by atoms with Gasteiger partial charge in [0.1, 0.15) is 16.5 Å². The van der Waals surface area contributed by atoms with Crippen molar-refractivity contribution in [2.24, 2.45) is 7.05 Å². The highest BCUT2D eigenvalue weighted by atomic mass is 16.3. The van der Waals surface area contributed by atoms with Gasteiger partial charge in [-0.2, -0.15) is 4.98 Å². The van der Waals surface area contributed by atoms with Crippen molar-refractivity contribution in [3.05, 3.63) is 71.3 Å². The molecule has 0 aliphatic heterocycles. The van der Waals surface area contributed by atoms with Crippen LogP contribution in [-0.2, 0) is 19.2 Å². The molecule has 0 unspecified atom stereocenters. The number of aryl methyl sites for hydroxylation is 1. The summed E-state index contributed by atoms with van der Waals surface area (Å²) in [7, 11) is 1.83. The van der Waals surface area contributed by atoms with Crippen molar-refractivity contribution in [3.63, 3.8) is 0 Å². The van der Waals surface area contributed by atoms with Crippen molar-refractivity contribution in [2.75, 3.05) is 5.32 Å². The number of anilines is 2. The fourth-order valence-electron chi connectivity index (χ4n) is 3.74. The van der Waals surface area contributed by atoms with E-state index in [4.69, 9.17) is 0 Å². The largest absolute Gasteiger partial charge is 0.384 e. The molecule has 4 heterocycles. The summed E-state index contributed by atoms with van der Waals surface area (Å²) in [4.78, 5) is 26.7. The first-order valence-corrected chi connectivity index (χ1v) is 10.6. The van der Waals surface area contributed by atoms with E-state index in [0.29, 0.717) is 28.5 Å². The van der Waals surface area contributed by atoms with E-state index in [-0.39, 0.29) is 12.1 Å². The normalized spacial score (nSPS) is 11.9. The molecule has 4 aromatic heterocycles. The molecule has 0 saturated carbocycles. The van der Waals surface area contributed by atoms with E-state index in [1.54, 1.807) is 47.5 Å². The summed E-state index contributed by atoms with van der Waals surface area (Å²) in [6.07, 6.45) is 3.11. The molecule has 0 bridgehead atoms. The Bertz CT molecular complexity index is 1600. The van der Waals surface area contributed by atoms with Crippen LogP contribution in [0.4, 0.5) is 11.6 Å². The van der Waals surface area contributed by atoms with Crippen molar-refractivity contribution in [2.45, 2.75) is 26.0 Å². The average Bonchev–Trinajstić information content (AvgIpc) is 3.30. The number of hydrogen-bond donors (Lipinski definition) is 2. The van der Waals surface area contributed by atoms with E-state index < -0.39 is 5.60 Å². The summed E-state index contributed by atoms with van der Waals surface area (Å²) in [5, 5.41) is 22.1. The van der Waals surface area contributed by atoms with E-state index >= 15 is 0 Å². The molecule has 0 saturated heterocycles. The number of allylic oxidation sites excluding steroid dienone is 1. The molecule has 0 spiro atoms. The molecule has 2 N–H and O–H groups in total. The monoisotopic (exact) mass is 457 g/mol. The SMILES string of the molecule is C=CCn1c(=O)c2cnc(Nc3ccc4c(c3)nnn4C)nc2n1-c1cccc(C(C)(C)O)n1. The molecular formula is C23H23N9O2. The minimum atomic E-state index is -1.15. The minimum Gasteiger partial charge on any atom is -0.384 e. The maximum atomic E-state index is 13.1. The maximum Gasteiger partial charge on any atom is 0.278 e. The highest BCUT2D eigenvalue weighted by Gasteiger charge is 2.21. The second-order valence-electron chi connectivity index (χ2n) is 8.40. The molecule has 172 valence electrons. The molecule has 5 aromatic rings. The molecule has 0 radical (unpaired) electrons. The van der Waals surface area contributed by atoms with Crippen LogP contribution < -0.4 is 10.9 Å². The summed E-state index contributed by atoms with van der Waals surface area (Å²) < 4.78 is 4.79. The van der Waals surface area contributed by atoms with Crippen LogP contribution in [0, 0.1) is 0 Å². The van der Waals surface area contributed by atoms with Crippen molar-refractivity contribution in [1.82, 2.24) is 39.3 Å². The molecule has 11 heteroatoms. The molecule has 5 rings (SSSR count). The Morgan fingerprint density at radius 3 is 2.79 bits per heavy atom. The lowest BCUT2D eigenvalue weighted by molar-refractivity contribution is 0.0738. The molecule has 34 heavy (non-hydrogen) atoms. The molecule has 0 aliphatic carbocycles. The van der Waals surface area contributed by atoms with Gasteiger partial charge in [0.15, 0.2) is 11.5 Å². The number of nitrogens with zero attached hydrogens (tertiary/aromatic N) is 8. The van der Waals surface area contributed by atoms with Gasteiger partial charge in [-0.15, -0.1) is 11.7 Å². The van der Waals surface area contributed by atoms with Crippen LogP contribution in [-0.4, -0.2) is 44.4 Å². The van der Waals surface area contributed by atoms with Gasteiger partial charge in [-0.05, 0) is 44.2 Å². The number of hydrogen-bond acceptors (Lipinski definition) is 8. The molecular weight excluding hydrogens is 434 g/mol. The zero-order valence-electron chi connectivity index (χ0n) is 19.0. The lowest BCUT2D eigenvalue weighted by Gasteiger charge is -2.18. The minimum absolute atomic E-state index is 0.246. The number of aliphatic hydroxyl groups is 1. The first-order chi connectivity index (χ1) is 16.3. The van der Waals surface area contributed by atoms with Gasteiger partial charge in [0, 0.05) is 18.9 Å². The van der Waals surface area contributed by atoms with Gasteiger partial charge in [-0.25, -0.2) is 24.0 Å². The summed E-state index contributed by atoms with van der Waals surface area (Å²) >= 11 is 0. The Balaban J connectivity index is 1.65. The third kappa shape index (κ3) is 3.61. The summed E-state index contributed by atoms with van der Waals surface area (Å²) in [6.45, 7) is 7.32. The van der Waals surface area contributed by atoms with Crippen molar-refractivity contribution >= 4 is 33.7 Å². The number of aromatic nitrogens is 8. The molecule has 0 atom stereocenters. The number of fused-ring (bicyclic) bond motifs is 2. The highest BCUT2D eigenvalue weighted by molar-refractivity contribution is 5.80. The van der Waals surface area contributed by atoms with E-state index in [1.807, 2.05) is 25.2 Å².